The van der Waals surface area contributed by atoms with Gasteiger partial charge in [-0.15, -0.1) is 0 Å². The minimum Gasteiger partial charge on any atom is -0.391 e. The number of rotatable bonds is 44. The van der Waals surface area contributed by atoms with Crippen molar-refractivity contribution in [2.45, 2.75) is 211 Å². The first-order valence-electron chi connectivity index (χ1n) is 34.4. The molecule has 1 rings (SSSR count). The van der Waals surface area contributed by atoms with Crippen LogP contribution in [0.3, 0.4) is 0 Å². The summed E-state index contributed by atoms with van der Waals surface area (Å²) in [5.41, 5.74) is 0. The van der Waals surface area contributed by atoms with Gasteiger partial charge in [-0.3, -0.25) is 75.5 Å². The molecule has 0 aromatic rings. The predicted molar refractivity (Wildman–Crippen MR) is 382 cm³/mol. The fourth-order valence-corrected chi connectivity index (χ4v) is 12.2. The van der Waals surface area contributed by atoms with E-state index < -0.39 is 294 Å². The average Bonchev–Trinajstić information content (AvgIpc) is 0.944. The molecule has 108 heavy (non-hydrogen) atoms. The molecule has 0 spiro atoms. The molecule has 1 heterocycles. The van der Waals surface area contributed by atoms with Gasteiger partial charge in [-0.25, -0.2) is 0 Å². The van der Waals surface area contributed by atoms with Crippen LogP contribution in [-0.2, 0) is 103 Å². The van der Waals surface area contributed by atoms with E-state index in [-0.39, 0.29) is 61.8 Å². The normalized spacial score (nSPS) is 21.3. The second-order valence-corrected chi connectivity index (χ2v) is 33.9. The van der Waals surface area contributed by atoms with Gasteiger partial charge in [0, 0.05) is 13.0 Å². The molecule has 13 unspecified atom stereocenters. The van der Waals surface area contributed by atoms with Gasteiger partial charge in [0.15, 0.2) is 0 Å². The smallest absolute Gasteiger partial charge is 0.391 e. The van der Waals surface area contributed by atoms with Crippen LogP contribution in [0.25, 0.3) is 0 Å². The van der Waals surface area contributed by atoms with E-state index in [0.717, 1.165) is 26.7 Å². The molecule has 0 aliphatic carbocycles. The number of carbonyl (C=O) groups excluding carboxylic acids is 11. The van der Waals surface area contributed by atoms with Crippen molar-refractivity contribution >= 4 is 116 Å². The van der Waals surface area contributed by atoms with Crippen LogP contribution in [0.15, 0.2) is 0 Å². The molecule has 620 valence electrons. The zero-order valence-electron chi connectivity index (χ0n) is 61.9. The zero-order valence-corrected chi connectivity index (χ0v) is 68.0. The van der Waals surface area contributed by atoms with Crippen molar-refractivity contribution in [3.63, 3.8) is 0 Å². The minimum absolute atomic E-state index is 0. The van der Waals surface area contributed by atoms with Crippen LogP contribution in [0.2, 0.25) is 0 Å². The Kier molecular flexibility index (Phi) is 47.8. The number of hydrogen-bond donors (Lipinski definition) is 23. The Morgan fingerprint density at radius 1 is 0.444 bits per heavy atom. The number of nitrogens with one attached hydrogen (secondary N) is 16. The Morgan fingerprint density at radius 3 is 1.18 bits per heavy atom. The van der Waals surface area contributed by atoms with Crippen molar-refractivity contribution in [3.8, 4) is 0 Å². The third-order valence-corrected chi connectivity index (χ3v) is 18.7. The van der Waals surface area contributed by atoms with E-state index in [9.17, 15) is 128 Å². The Hall–Kier alpha value is -5.56. The topological polar surface area (TPSA) is 693 Å². The van der Waals surface area contributed by atoms with Gasteiger partial charge in [0.1, 0.15) is 89.8 Å². The van der Waals surface area contributed by atoms with Gasteiger partial charge in [-0.2, -0.15) is 42.1 Å². The Morgan fingerprint density at radius 2 is 0.806 bits per heavy atom. The van der Waals surface area contributed by atoms with Crippen LogP contribution in [0.1, 0.15) is 139 Å². The van der Waals surface area contributed by atoms with E-state index in [4.69, 9.17) is 0 Å². The van der Waals surface area contributed by atoms with Gasteiger partial charge in [-0.1, -0.05) is 60.8 Å². The SMILES string of the molecule is CCC(C)CCCCC(=O)NC(CCNCS(=O)(=O)O)C(=O)NC(C(=O)NC(CCNCS(=O)(=O)O)C(=O)NC1CCNC(=O)C(C(C)O)NC(=O)C(CCNCS(=O)(=O)O)NC(=O)C(CCNCS(=O)(=O)O)NC(=O)C(CC(C)C)NC(=O)C(CC(C)C)NC(=O)C(CCNCS(=O)(=O)O)NC1=O)C(C)O.[Na+]. The molecule has 13 atom stereocenters. The van der Waals surface area contributed by atoms with Crippen molar-refractivity contribution < 1.29 is 157 Å². The molecule has 23 N–H and O–H groups in total. The summed E-state index contributed by atoms with van der Waals surface area (Å²) in [6.07, 6.45) is -5.23. The molecular weight excluding hydrogens is 1550 g/mol. The monoisotopic (exact) mass is 1660 g/mol. The molecule has 0 saturated carbocycles. The fraction of sp³-hybridized carbons (Fsp3) is 0.810. The van der Waals surface area contributed by atoms with E-state index in [1.807, 2.05) is 13.8 Å². The van der Waals surface area contributed by atoms with Gasteiger partial charge in [0.2, 0.25) is 65.0 Å². The van der Waals surface area contributed by atoms with Crippen LogP contribution in [0, 0.1) is 17.8 Å². The molecule has 0 aromatic carbocycles. The van der Waals surface area contributed by atoms with Crippen LogP contribution >= 0.6 is 0 Å². The van der Waals surface area contributed by atoms with E-state index in [0.29, 0.717) is 18.8 Å². The summed E-state index contributed by atoms with van der Waals surface area (Å²) in [5, 5.41) is 59.7. The summed E-state index contributed by atoms with van der Waals surface area (Å²) >= 11 is 0. The molecule has 50 heteroatoms. The maximum Gasteiger partial charge on any atom is 1.00 e. The standard InChI is InChI=1S/C58H110N16O28S5.Na/c1-9-35(6)12-10-11-13-46(77)65-38(14-20-59-28-103(88,89)90)53(82)74-48(37(8)76)58(87)70-41(17-23-62-31-106(97,98)99)50(79)68-43-19-25-64-57(86)47(36(7)75)73-54(83)42(18-24-63-32-107(100,101)102)67-49(78)39(15-21-60-29-104(91,92)93)69-55(84)44(26-33(2)3)72-56(85)45(27-34(4)5)71-52(81)40(66-51(43)80)16-22-61-30-105(94,95)96;/h33-45,47-48,59-63,75-76H,9-32H2,1-8H3,(H,64,86)(H,65,77)(H,66,80)(H,67,78)(H,68,79)(H,69,84)(H,70,87)(H,71,81)(H,72,85)(H,73,83)(H,74,82)(H,88,89,90)(H,91,92,93)(H,94,95,96)(H,97,98,99)(H,100,101,102);/q;+1. The third-order valence-electron chi connectivity index (χ3n) is 15.9. The number of aliphatic hydroxyl groups excluding tert-OH is 2. The second kappa shape index (κ2) is 50.4. The van der Waals surface area contributed by atoms with Crippen LogP contribution in [0.4, 0.5) is 0 Å². The van der Waals surface area contributed by atoms with Crippen molar-refractivity contribution in [1.82, 2.24) is 85.1 Å². The van der Waals surface area contributed by atoms with Crippen molar-refractivity contribution in [2.24, 2.45) is 17.8 Å². The molecule has 1 aliphatic rings. The van der Waals surface area contributed by atoms with E-state index >= 15 is 0 Å². The maximum atomic E-state index is 14.9. The molecule has 0 radical (unpaired) electrons. The summed E-state index contributed by atoms with van der Waals surface area (Å²) in [7, 11) is -23.5. The number of aliphatic hydroxyl groups is 2. The summed E-state index contributed by atoms with van der Waals surface area (Å²) < 4.78 is 163. The zero-order chi connectivity index (χ0) is 81.8. The van der Waals surface area contributed by atoms with Crippen LogP contribution in [0.5, 0.6) is 0 Å². The number of hydrogen-bond acceptors (Lipinski definition) is 28. The molecule has 0 bridgehead atoms. The summed E-state index contributed by atoms with van der Waals surface area (Å²) in [5.74, 6) is -19.1. The van der Waals surface area contributed by atoms with Crippen LogP contribution < -0.4 is 115 Å². The van der Waals surface area contributed by atoms with E-state index in [1.165, 1.54) is 0 Å². The number of amides is 11. The summed E-state index contributed by atoms with van der Waals surface area (Å²) in [6, 6.07) is -18.5. The fourth-order valence-electron chi connectivity index (χ4n) is 10.2. The summed E-state index contributed by atoms with van der Waals surface area (Å²) in [6.45, 7) is 9.25. The summed E-state index contributed by atoms with van der Waals surface area (Å²) in [4.78, 5) is 158. The van der Waals surface area contributed by atoms with Gasteiger partial charge in [-0.05, 0) is 122 Å². The number of carbonyl (C=O) groups is 11. The molecule has 0 aromatic heterocycles. The van der Waals surface area contributed by atoms with Gasteiger partial charge in [0.05, 0.1) is 12.2 Å². The van der Waals surface area contributed by atoms with E-state index in [2.05, 4.69) is 85.1 Å². The Bertz CT molecular complexity index is 3530. The minimum atomic E-state index is -4.77. The quantitative estimate of drug-likeness (QED) is 0.0153. The molecule has 1 saturated heterocycles. The molecule has 11 amide bonds. The van der Waals surface area contributed by atoms with Crippen LogP contribution in [-0.4, -0.2) is 281 Å². The third kappa shape index (κ3) is 47.0. The first-order chi connectivity index (χ1) is 49.4. The van der Waals surface area contributed by atoms with Gasteiger partial charge < -0.3 is 95.3 Å². The first kappa shape index (κ1) is 102. The molecule has 44 nitrogen and oxygen atoms in total. The molecule has 1 aliphatic heterocycles. The van der Waals surface area contributed by atoms with E-state index in [1.54, 1.807) is 27.7 Å². The first-order valence-corrected chi connectivity index (χ1v) is 42.4. The van der Waals surface area contributed by atoms with Crippen molar-refractivity contribution in [3.05, 3.63) is 0 Å². The molecular formula is C58H110N16NaO28S5+. The Labute approximate surface area is 651 Å². The van der Waals surface area contributed by atoms with Crippen molar-refractivity contribution in [2.75, 3.05) is 68.7 Å². The maximum absolute atomic E-state index is 14.9. The second-order valence-electron chi connectivity index (χ2n) is 26.7. The Balaban J connectivity index is 0.000114. The predicted octanol–water partition coefficient (Wildman–Crippen LogP) is -11.1. The average molecular weight is 1660 g/mol. The number of unbranched alkanes of at least 4 members (excludes halogenated alkanes) is 1. The largest absolute Gasteiger partial charge is 1.00 e. The molecule has 1 fully saturated rings. The van der Waals surface area contributed by atoms with Gasteiger partial charge in [0.25, 0.3) is 50.6 Å². The van der Waals surface area contributed by atoms with Crippen molar-refractivity contribution in [1.29, 1.82) is 0 Å². The van der Waals surface area contributed by atoms with Gasteiger partial charge >= 0.3 is 29.6 Å².